The SMILES string of the molecule is CNC(c1cscn1)c1sccc1I. The summed E-state index contributed by atoms with van der Waals surface area (Å²) in [5.74, 6) is 0. The van der Waals surface area contributed by atoms with E-state index in [1.54, 1.807) is 22.7 Å². The molecule has 2 heterocycles. The zero-order valence-electron chi connectivity index (χ0n) is 7.53. The normalized spacial score (nSPS) is 13.0. The fraction of sp³-hybridized carbons (Fsp3) is 0.222. The number of halogens is 1. The number of nitrogens with zero attached hydrogens (tertiary/aromatic N) is 1. The monoisotopic (exact) mass is 336 g/mol. The molecule has 1 N–H and O–H groups in total. The number of rotatable bonds is 3. The maximum atomic E-state index is 4.34. The van der Waals surface area contributed by atoms with Crippen molar-refractivity contribution in [2.45, 2.75) is 6.04 Å². The van der Waals surface area contributed by atoms with Gasteiger partial charge < -0.3 is 5.32 Å². The van der Waals surface area contributed by atoms with Crippen molar-refractivity contribution in [2.24, 2.45) is 0 Å². The zero-order valence-corrected chi connectivity index (χ0v) is 11.3. The van der Waals surface area contributed by atoms with E-state index in [2.05, 4.69) is 49.7 Å². The van der Waals surface area contributed by atoms with E-state index >= 15 is 0 Å². The number of nitrogens with one attached hydrogen (secondary N) is 1. The Hall–Kier alpha value is 0.0200. The van der Waals surface area contributed by atoms with E-state index in [1.165, 1.54) is 8.45 Å². The number of aromatic nitrogens is 1. The Bertz CT molecular complexity index is 397. The third kappa shape index (κ3) is 2.00. The molecule has 0 aliphatic carbocycles. The van der Waals surface area contributed by atoms with Crippen LogP contribution in [-0.2, 0) is 0 Å². The second-order valence-corrected chi connectivity index (χ2v) is 5.60. The second kappa shape index (κ2) is 4.69. The van der Waals surface area contributed by atoms with Crippen LogP contribution in [0.2, 0.25) is 0 Å². The first-order valence-corrected chi connectivity index (χ1v) is 7.01. The average Bonchev–Trinajstić information content (AvgIpc) is 2.80. The van der Waals surface area contributed by atoms with Crippen LogP contribution in [0.3, 0.4) is 0 Å². The van der Waals surface area contributed by atoms with E-state index in [0.717, 1.165) is 5.69 Å². The summed E-state index contributed by atoms with van der Waals surface area (Å²) in [6.07, 6.45) is 0. The maximum Gasteiger partial charge on any atom is 0.0861 e. The van der Waals surface area contributed by atoms with Crippen molar-refractivity contribution in [3.05, 3.63) is 36.5 Å². The molecule has 0 bridgehead atoms. The highest BCUT2D eigenvalue weighted by Crippen LogP contribution is 2.30. The van der Waals surface area contributed by atoms with E-state index in [9.17, 15) is 0 Å². The third-order valence-electron chi connectivity index (χ3n) is 1.94. The van der Waals surface area contributed by atoms with Crippen LogP contribution >= 0.6 is 45.3 Å². The van der Waals surface area contributed by atoms with Crippen LogP contribution in [-0.4, -0.2) is 12.0 Å². The Kier molecular flexibility index (Phi) is 3.53. The summed E-state index contributed by atoms with van der Waals surface area (Å²) in [5, 5.41) is 7.51. The lowest BCUT2D eigenvalue weighted by Gasteiger charge is -2.12. The topological polar surface area (TPSA) is 24.9 Å². The first-order chi connectivity index (χ1) is 6.83. The van der Waals surface area contributed by atoms with Crippen LogP contribution < -0.4 is 5.32 Å². The quantitative estimate of drug-likeness (QED) is 0.872. The van der Waals surface area contributed by atoms with Crippen molar-refractivity contribution in [3.8, 4) is 0 Å². The molecule has 1 atom stereocenters. The van der Waals surface area contributed by atoms with Gasteiger partial charge in [-0.25, -0.2) is 4.98 Å². The van der Waals surface area contributed by atoms with Crippen molar-refractivity contribution < 1.29 is 0 Å². The van der Waals surface area contributed by atoms with Crippen molar-refractivity contribution in [1.82, 2.24) is 10.3 Å². The van der Waals surface area contributed by atoms with Gasteiger partial charge in [-0.05, 0) is 41.1 Å². The molecule has 2 nitrogen and oxygen atoms in total. The van der Waals surface area contributed by atoms with E-state index in [1.807, 2.05) is 12.6 Å². The Labute approximate surface area is 105 Å². The Balaban J connectivity index is 2.36. The van der Waals surface area contributed by atoms with Gasteiger partial charge in [0, 0.05) is 13.8 Å². The van der Waals surface area contributed by atoms with Crippen LogP contribution in [0.25, 0.3) is 0 Å². The summed E-state index contributed by atoms with van der Waals surface area (Å²) in [4.78, 5) is 5.69. The standard InChI is InChI=1S/C9H9IN2S2/c1-11-8(7-4-13-5-12-7)9-6(10)2-3-14-9/h2-5,8,11H,1H3. The minimum absolute atomic E-state index is 0.244. The molecule has 2 aromatic rings. The number of thiophene rings is 1. The smallest absolute Gasteiger partial charge is 0.0861 e. The van der Waals surface area contributed by atoms with Crippen LogP contribution in [0.1, 0.15) is 16.6 Å². The lowest BCUT2D eigenvalue weighted by molar-refractivity contribution is 0.684. The largest absolute Gasteiger partial charge is 0.307 e. The predicted molar refractivity (Wildman–Crippen MR) is 70.1 cm³/mol. The molecule has 0 aliphatic heterocycles. The van der Waals surface area contributed by atoms with Gasteiger partial charge in [-0.2, -0.15) is 0 Å². The fourth-order valence-corrected chi connectivity index (χ4v) is 3.89. The number of thiazole rings is 1. The van der Waals surface area contributed by atoms with Gasteiger partial charge in [0.1, 0.15) is 0 Å². The van der Waals surface area contributed by atoms with Gasteiger partial charge in [-0.1, -0.05) is 0 Å². The van der Waals surface area contributed by atoms with Crippen LogP contribution in [0, 0.1) is 3.57 Å². The lowest BCUT2D eigenvalue weighted by atomic mass is 10.2. The summed E-state index contributed by atoms with van der Waals surface area (Å²) in [6.45, 7) is 0. The van der Waals surface area contributed by atoms with Gasteiger partial charge in [-0.3, -0.25) is 0 Å². The van der Waals surface area contributed by atoms with Gasteiger partial charge in [0.15, 0.2) is 0 Å². The molecule has 0 spiro atoms. The van der Waals surface area contributed by atoms with Crippen molar-refractivity contribution >= 4 is 45.3 Å². The Morgan fingerprint density at radius 1 is 1.57 bits per heavy atom. The molecule has 5 heteroatoms. The molecule has 1 unspecified atom stereocenters. The van der Waals surface area contributed by atoms with Gasteiger partial charge in [-0.15, -0.1) is 22.7 Å². The maximum absolute atomic E-state index is 4.34. The number of hydrogen-bond donors (Lipinski definition) is 1. The van der Waals surface area contributed by atoms with E-state index < -0.39 is 0 Å². The molecule has 2 aromatic heterocycles. The van der Waals surface area contributed by atoms with Crippen LogP contribution in [0.15, 0.2) is 22.3 Å². The number of hydrogen-bond acceptors (Lipinski definition) is 4. The van der Waals surface area contributed by atoms with Crippen molar-refractivity contribution in [2.75, 3.05) is 7.05 Å². The first kappa shape index (κ1) is 10.5. The minimum Gasteiger partial charge on any atom is -0.307 e. The molecule has 0 fully saturated rings. The summed E-state index contributed by atoms with van der Waals surface area (Å²) < 4.78 is 1.31. The lowest BCUT2D eigenvalue weighted by Crippen LogP contribution is -2.17. The molecule has 0 amide bonds. The van der Waals surface area contributed by atoms with E-state index in [0.29, 0.717) is 0 Å². The molecule has 0 aromatic carbocycles. The molecule has 2 rings (SSSR count). The van der Waals surface area contributed by atoms with Crippen molar-refractivity contribution in [1.29, 1.82) is 0 Å². The Morgan fingerprint density at radius 2 is 2.43 bits per heavy atom. The molecule has 0 aliphatic rings. The minimum atomic E-state index is 0.244. The van der Waals surface area contributed by atoms with Gasteiger partial charge in [0.2, 0.25) is 0 Å². The highest BCUT2D eigenvalue weighted by Gasteiger charge is 2.17. The molecule has 74 valence electrons. The molecule has 0 radical (unpaired) electrons. The van der Waals surface area contributed by atoms with Crippen molar-refractivity contribution in [3.63, 3.8) is 0 Å². The van der Waals surface area contributed by atoms with Gasteiger partial charge in [0.05, 0.1) is 17.2 Å². The Morgan fingerprint density at radius 3 is 2.93 bits per heavy atom. The predicted octanol–water partition coefficient (Wildman–Crippen LogP) is 3.12. The van der Waals surface area contributed by atoms with E-state index in [4.69, 9.17) is 0 Å². The first-order valence-electron chi connectivity index (χ1n) is 4.11. The summed E-state index contributed by atoms with van der Waals surface area (Å²) in [5.41, 5.74) is 2.98. The average molecular weight is 336 g/mol. The molecule has 14 heavy (non-hydrogen) atoms. The highest BCUT2D eigenvalue weighted by molar-refractivity contribution is 14.1. The fourth-order valence-electron chi connectivity index (χ4n) is 1.29. The molecular formula is C9H9IN2S2. The van der Waals surface area contributed by atoms with Gasteiger partial charge in [0.25, 0.3) is 0 Å². The molecule has 0 saturated carbocycles. The zero-order chi connectivity index (χ0) is 9.97. The summed E-state index contributed by atoms with van der Waals surface area (Å²) in [6, 6.07) is 2.38. The molecular weight excluding hydrogens is 327 g/mol. The summed E-state index contributed by atoms with van der Waals surface area (Å²) >= 11 is 5.78. The highest BCUT2D eigenvalue weighted by atomic mass is 127. The third-order valence-corrected chi connectivity index (χ3v) is 4.84. The van der Waals surface area contributed by atoms with Gasteiger partial charge >= 0.3 is 0 Å². The second-order valence-electron chi connectivity index (χ2n) is 2.77. The van der Waals surface area contributed by atoms with Crippen LogP contribution in [0.5, 0.6) is 0 Å². The summed E-state index contributed by atoms with van der Waals surface area (Å²) in [7, 11) is 1.97. The molecule has 0 saturated heterocycles. The van der Waals surface area contributed by atoms with E-state index in [-0.39, 0.29) is 6.04 Å². The van der Waals surface area contributed by atoms with Crippen LogP contribution in [0.4, 0.5) is 0 Å².